The number of nitrogens with zero attached hydrogens (tertiary/aromatic N) is 6. The number of piperazine rings is 1. The molecule has 0 N–H and O–H groups in total. The molecule has 1 aliphatic heterocycles. The van der Waals surface area contributed by atoms with Gasteiger partial charge in [0.2, 0.25) is 0 Å². The summed E-state index contributed by atoms with van der Waals surface area (Å²) in [5.74, 6) is 1.05. The summed E-state index contributed by atoms with van der Waals surface area (Å²) in [6, 6.07) is 4.16. The molecular weight excluding hydrogens is 352 g/mol. The first kappa shape index (κ1) is 16.5. The molecule has 0 atom stereocenters. The van der Waals surface area contributed by atoms with E-state index in [0.717, 1.165) is 59.9 Å². The molecule has 130 valence electrons. The molecule has 0 bridgehead atoms. The molecule has 3 aromatic rings. The fourth-order valence-electron chi connectivity index (χ4n) is 2.92. The van der Waals surface area contributed by atoms with Gasteiger partial charge in [0.15, 0.2) is 10.3 Å². The fraction of sp³-hybridized carbons (Fsp3) is 0.412. The van der Waals surface area contributed by atoms with E-state index in [2.05, 4.69) is 32.8 Å². The number of fused-ring (bicyclic) bond motifs is 1. The largest absolute Gasteiger partial charge is 0.353 e. The molecule has 3 aromatic heterocycles. The number of aryl methyl sites for hydroxylation is 1. The predicted octanol–water partition coefficient (Wildman–Crippen LogP) is 3.09. The van der Waals surface area contributed by atoms with E-state index < -0.39 is 0 Å². The second-order valence-electron chi connectivity index (χ2n) is 5.87. The minimum Gasteiger partial charge on any atom is -0.353 e. The number of thiazole rings is 1. The topological polar surface area (TPSA) is 58.0 Å². The highest BCUT2D eigenvalue weighted by Crippen LogP contribution is 2.29. The van der Waals surface area contributed by atoms with Crippen molar-refractivity contribution in [2.45, 2.75) is 18.5 Å². The van der Waals surface area contributed by atoms with Gasteiger partial charge in [-0.15, -0.1) is 0 Å². The third-order valence-electron chi connectivity index (χ3n) is 4.34. The van der Waals surface area contributed by atoms with Crippen molar-refractivity contribution >= 4 is 44.3 Å². The second-order valence-corrected chi connectivity index (χ2v) is 7.65. The van der Waals surface area contributed by atoms with Crippen LogP contribution < -0.4 is 9.80 Å². The molecule has 4 rings (SSSR count). The van der Waals surface area contributed by atoms with Crippen LogP contribution in [-0.2, 0) is 6.42 Å². The lowest BCUT2D eigenvalue weighted by Gasteiger charge is -2.35. The zero-order chi connectivity index (χ0) is 17.2. The van der Waals surface area contributed by atoms with E-state index in [4.69, 9.17) is 9.97 Å². The molecule has 0 spiro atoms. The average molecular weight is 373 g/mol. The fourth-order valence-corrected chi connectivity index (χ4v) is 4.30. The second kappa shape index (κ2) is 7.13. The van der Waals surface area contributed by atoms with Gasteiger partial charge >= 0.3 is 0 Å². The molecule has 8 heteroatoms. The van der Waals surface area contributed by atoms with E-state index in [1.807, 2.05) is 24.7 Å². The number of pyridine rings is 1. The van der Waals surface area contributed by atoms with Gasteiger partial charge in [0.25, 0.3) is 0 Å². The zero-order valence-corrected chi connectivity index (χ0v) is 16.0. The summed E-state index contributed by atoms with van der Waals surface area (Å²) in [5.41, 5.74) is 2.09. The van der Waals surface area contributed by atoms with E-state index >= 15 is 0 Å². The Hall–Kier alpha value is -1.93. The number of anilines is 2. The molecule has 0 unspecified atom stereocenters. The number of thioether (sulfide) groups is 1. The summed E-state index contributed by atoms with van der Waals surface area (Å²) in [6.45, 7) is 5.93. The predicted molar refractivity (Wildman–Crippen MR) is 105 cm³/mol. The van der Waals surface area contributed by atoms with Gasteiger partial charge in [0, 0.05) is 44.1 Å². The Morgan fingerprint density at radius 2 is 1.92 bits per heavy atom. The van der Waals surface area contributed by atoms with Crippen molar-refractivity contribution in [1.82, 2.24) is 19.9 Å². The maximum atomic E-state index is 4.72. The number of aromatic nitrogens is 4. The lowest BCUT2D eigenvalue weighted by Crippen LogP contribution is -2.46. The van der Waals surface area contributed by atoms with Gasteiger partial charge in [0.1, 0.15) is 11.3 Å². The average Bonchev–Trinajstić information content (AvgIpc) is 3.12. The Bertz CT molecular complexity index is 817. The van der Waals surface area contributed by atoms with Crippen molar-refractivity contribution in [3.8, 4) is 0 Å². The van der Waals surface area contributed by atoms with Crippen LogP contribution in [0.5, 0.6) is 0 Å². The molecule has 1 saturated heterocycles. The maximum absolute atomic E-state index is 4.72. The SMILES string of the molecule is CCc1cc(N2CCN(c3nc4cnccc4s3)CC2)nc(SC)n1. The highest BCUT2D eigenvalue weighted by atomic mass is 32.2. The molecule has 1 fully saturated rings. The third-order valence-corrected chi connectivity index (χ3v) is 5.99. The minimum absolute atomic E-state index is 0.857. The van der Waals surface area contributed by atoms with Gasteiger partial charge in [-0.05, 0) is 18.7 Å². The van der Waals surface area contributed by atoms with Crippen LogP contribution in [0.2, 0.25) is 0 Å². The van der Waals surface area contributed by atoms with Gasteiger partial charge < -0.3 is 9.80 Å². The quantitative estimate of drug-likeness (QED) is 0.515. The van der Waals surface area contributed by atoms with Crippen molar-refractivity contribution in [3.05, 3.63) is 30.2 Å². The first-order valence-corrected chi connectivity index (χ1v) is 10.4. The van der Waals surface area contributed by atoms with Gasteiger partial charge in [-0.1, -0.05) is 30.0 Å². The lowest BCUT2D eigenvalue weighted by molar-refractivity contribution is 0.641. The smallest absolute Gasteiger partial charge is 0.189 e. The summed E-state index contributed by atoms with van der Waals surface area (Å²) >= 11 is 3.34. The van der Waals surface area contributed by atoms with E-state index in [1.165, 1.54) is 4.70 Å². The Labute approximate surface area is 155 Å². The summed E-state index contributed by atoms with van der Waals surface area (Å²) in [6.07, 6.45) is 6.62. The van der Waals surface area contributed by atoms with Gasteiger partial charge in [0.05, 0.1) is 10.9 Å². The molecule has 25 heavy (non-hydrogen) atoms. The van der Waals surface area contributed by atoms with Crippen LogP contribution in [0.1, 0.15) is 12.6 Å². The Kier molecular flexibility index (Phi) is 4.72. The van der Waals surface area contributed by atoms with Crippen LogP contribution in [0.25, 0.3) is 10.2 Å². The third kappa shape index (κ3) is 3.41. The highest BCUT2D eigenvalue weighted by molar-refractivity contribution is 7.98. The van der Waals surface area contributed by atoms with Crippen LogP contribution >= 0.6 is 23.1 Å². The lowest BCUT2D eigenvalue weighted by atomic mass is 10.3. The van der Waals surface area contributed by atoms with Gasteiger partial charge in [-0.2, -0.15) is 0 Å². The van der Waals surface area contributed by atoms with Crippen molar-refractivity contribution in [3.63, 3.8) is 0 Å². The van der Waals surface area contributed by atoms with Crippen molar-refractivity contribution in [2.24, 2.45) is 0 Å². The van der Waals surface area contributed by atoms with Crippen molar-refractivity contribution in [1.29, 1.82) is 0 Å². The first-order chi connectivity index (χ1) is 12.3. The molecule has 6 nitrogen and oxygen atoms in total. The molecule has 0 amide bonds. The van der Waals surface area contributed by atoms with Crippen LogP contribution in [0.4, 0.5) is 10.9 Å². The standard InChI is InChI=1S/C17H20N6S2/c1-3-12-10-15(21-16(19-12)24-2)22-6-8-23(9-7-22)17-20-13-11-18-5-4-14(13)25-17/h4-5,10-11H,3,6-9H2,1-2H3. The van der Waals surface area contributed by atoms with E-state index in [-0.39, 0.29) is 0 Å². The minimum atomic E-state index is 0.857. The molecule has 0 radical (unpaired) electrons. The van der Waals surface area contributed by atoms with E-state index in [0.29, 0.717) is 0 Å². The van der Waals surface area contributed by atoms with Gasteiger partial charge in [-0.3, -0.25) is 4.98 Å². The van der Waals surface area contributed by atoms with E-state index in [1.54, 1.807) is 23.1 Å². The molecule has 0 aromatic carbocycles. The summed E-state index contributed by atoms with van der Waals surface area (Å²) in [5, 5.41) is 1.94. The van der Waals surface area contributed by atoms with Crippen LogP contribution in [-0.4, -0.2) is 52.4 Å². The molecule has 0 saturated carbocycles. The summed E-state index contributed by atoms with van der Waals surface area (Å²) < 4.78 is 1.19. The normalized spacial score (nSPS) is 15.1. The van der Waals surface area contributed by atoms with Crippen LogP contribution in [0, 0.1) is 0 Å². The number of rotatable bonds is 4. The maximum Gasteiger partial charge on any atom is 0.189 e. The van der Waals surface area contributed by atoms with Crippen LogP contribution in [0.15, 0.2) is 29.7 Å². The summed E-state index contributed by atoms with van der Waals surface area (Å²) in [7, 11) is 0. The highest BCUT2D eigenvalue weighted by Gasteiger charge is 2.21. The summed E-state index contributed by atoms with van der Waals surface area (Å²) in [4.78, 5) is 22.8. The Balaban J connectivity index is 1.49. The number of hydrogen-bond acceptors (Lipinski definition) is 8. The van der Waals surface area contributed by atoms with E-state index in [9.17, 15) is 0 Å². The zero-order valence-electron chi connectivity index (χ0n) is 14.3. The molecular formula is C17H20N6S2. The monoisotopic (exact) mass is 372 g/mol. The van der Waals surface area contributed by atoms with Crippen LogP contribution in [0.3, 0.4) is 0 Å². The van der Waals surface area contributed by atoms with Crippen molar-refractivity contribution < 1.29 is 0 Å². The molecule has 4 heterocycles. The Morgan fingerprint density at radius 3 is 2.64 bits per heavy atom. The first-order valence-electron chi connectivity index (χ1n) is 8.39. The van der Waals surface area contributed by atoms with Crippen molar-refractivity contribution in [2.75, 3.05) is 42.2 Å². The Morgan fingerprint density at radius 1 is 1.12 bits per heavy atom. The van der Waals surface area contributed by atoms with Gasteiger partial charge in [-0.25, -0.2) is 15.0 Å². The number of hydrogen-bond donors (Lipinski definition) is 0. The molecule has 1 aliphatic rings. The molecule has 0 aliphatic carbocycles.